The number of carbonyl (C=O) groups excluding carboxylic acids is 1. The van der Waals surface area contributed by atoms with Crippen LogP contribution in [-0.4, -0.2) is 15.9 Å². The summed E-state index contributed by atoms with van der Waals surface area (Å²) in [5.41, 5.74) is 4.78. The molecule has 4 aromatic rings. The maximum absolute atomic E-state index is 12.4. The number of aryl methyl sites for hydroxylation is 1. The van der Waals surface area contributed by atoms with E-state index in [0.29, 0.717) is 6.61 Å². The van der Waals surface area contributed by atoms with Gasteiger partial charge in [0, 0.05) is 34.6 Å². The minimum Gasteiger partial charge on any atom is -0.489 e. The Hall–Kier alpha value is -3.51. The number of rotatable bonds is 7. The van der Waals surface area contributed by atoms with Gasteiger partial charge in [-0.15, -0.1) is 11.3 Å². The second kappa shape index (κ2) is 9.33. The molecule has 0 spiro atoms. The molecular formula is C24H21N3O2S. The number of hydrogen-bond donors (Lipinski definition) is 1. The van der Waals surface area contributed by atoms with Gasteiger partial charge in [0.1, 0.15) is 17.4 Å². The Kier molecular flexibility index (Phi) is 6.15. The summed E-state index contributed by atoms with van der Waals surface area (Å²) >= 11 is 1.55. The van der Waals surface area contributed by atoms with Crippen molar-refractivity contribution in [2.24, 2.45) is 0 Å². The summed E-state index contributed by atoms with van der Waals surface area (Å²) in [6.45, 7) is 2.51. The Balaban J connectivity index is 1.30. The summed E-state index contributed by atoms with van der Waals surface area (Å²) in [7, 11) is 0. The lowest BCUT2D eigenvalue weighted by atomic mass is 10.2. The van der Waals surface area contributed by atoms with Crippen molar-refractivity contribution < 1.29 is 9.53 Å². The Bertz CT molecular complexity index is 1110. The van der Waals surface area contributed by atoms with E-state index in [1.54, 1.807) is 23.7 Å². The van der Waals surface area contributed by atoms with Crippen molar-refractivity contribution in [1.82, 2.24) is 9.97 Å². The van der Waals surface area contributed by atoms with E-state index in [1.807, 2.05) is 41.8 Å². The van der Waals surface area contributed by atoms with E-state index in [9.17, 15) is 4.79 Å². The molecule has 5 nitrogen and oxygen atoms in total. The van der Waals surface area contributed by atoms with Gasteiger partial charge < -0.3 is 10.1 Å². The van der Waals surface area contributed by atoms with Crippen LogP contribution in [-0.2, 0) is 17.8 Å². The first kappa shape index (κ1) is 19.8. The third-order valence-electron chi connectivity index (χ3n) is 4.46. The lowest BCUT2D eigenvalue weighted by molar-refractivity contribution is -0.115. The van der Waals surface area contributed by atoms with Gasteiger partial charge in [0.25, 0.3) is 0 Å². The lowest BCUT2D eigenvalue weighted by Crippen LogP contribution is -2.14. The Labute approximate surface area is 179 Å². The molecule has 2 heterocycles. The second-order valence-electron chi connectivity index (χ2n) is 6.91. The van der Waals surface area contributed by atoms with Crippen molar-refractivity contribution in [2.75, 3.05) is 5.32 Å². The summed E-state index contributed by atoms with van der Waals surface area (Å²) in [4.78, 5) is 21.0. The van der Waals surface area contributed by atoms with E-state index in [4.69, 9.17) is 4.74 Å². The predicted octanol–water partition coefficient (Wildman–Crippen LogP) is 5.27. The van der Waals surface area contributed by atoms with Crippen LogP contribution in [0.25, 0.3) is 10.6 Å². The van der Waals surface area contributed by atoms with Gasteiger partial charge in [-0.3, -0.25) is 9.78 Å². The molecule has 0 unspecified atom stereocenters. The van der Waals surface area contributed by atoms with Crippen LogP contribution >= 0.6 is 11.3 Å². The number of hydrogen-bond acceptors (Lipinski definition) is 5. The number of benzene rings is 2. The summed E-state index contributed by atoms with van der Waals surface area (Å²) < 4.78 is 5.74. The van der Waals surface area contributed by atoms with Crippen LogP contribution in [0.1, 0.15) is 16.8 Å². The molecule has 0 aliphatic heterocycles. The van der Waals surface area contributed by atoms with Gasteiger partial charge in [-0.2, -0.15) is 0 Å². The molecule has 0 fully saturated rings. The van der Waals surface area contributed by atoms with Crippen molar-refractivity contribution in [3.05, 3.63) is 95.3 Å². The van der Waals surface area contributed by atoms with Gasteiger partial charge in [0.05, 0.1) is 12.1 Å². The molecule has 1 amide bonds. The highest BCUT2D eigenvalue weighted by molar-refractivity contribution is 7.13. The molecule has 4 rings (SSSR count). The standard InChI is InChI=1S/C24H21N3O2S/c1-17-4-6-19(7-5-17)24-27-21(16-30-24)13-23(28)26-20-8-10-22(11-9-20)29-15-18-3-2-12-25-14-18/h2-12,14,16H,13,15H2,1H3,(H,26,28). The molecule has 30 heavy (non-hydrogen) atoms. The molecule has 0 radical (unpaired) electrons. The number of amides is 1. The monoisotopic (exact) mass is 415 g/mol. The maximum Gasteiger partial charge on any atom is 0.230 e. The molecule has 0 bridgehead atoms. The SMILES string of the molecule is Cc1ccc(-c2nc(CC(=O)Nc3ccc(OCc4cccnc4)cc3)cs2)cc1. The highest BCUT2D eigenvalue weighted by Crippen LogP contribution is 2.24. The van der Waals surface area contributed by atoms with Crippen LogP contribution in [0, 0.1) is 6.92 Å². The number of carbonyl (C=O) groups is 1. The quantitative estimate of drug-likeness (QED) is 0.446. The number of thiazole rings is 1. The van der Waals surface area contributed by atoms with Gasteiger partial charge in [0.15, 0.2) is 0 Å². The van der Waals surface area contributed by atoms with E-state index in [0.717, 1.165) is 33.3 Å². The maximum atomic E-state index is 12.4. The largest absolute Gasteiger partial charge is 0.489 e. The zero-order chi connectivity index (χ0) is 20.8. The third kappa shape index (κ3) is 5.30. The van der Waals surface area contributed by atoms with Gasteiger partial charge in [-0.25, -0.2) is 4.98 Å². The minimum absolute atomic E-state index is 0.0974. The highest BCUT2D eigenvalue weighted by atomic mass is 32.1. The van der Waals surface area contributed by atoms with Crippen molar-refractivity contribution in [1.29, 1.82) is 0 Å². The molecular weight excluding hydrogens is 394 g/mol. The van der Waals surface area contributed by atoms with Crippen LogP contribution in [0.4, 0.5) is 5.69 Å². The number of nitrogens with zero attached hydrogens (tertiary/aromatic N) is 2. The van der Waals surface area contributed by atoms with E-state index in [1.165, 1.54) is 5.56 Å². The van der Waals surface area contributed by atoms with Crippen LogP contribution in [0.5, 0.6) is 5.75 Å². The van der Waals surface area contributed by atoms with Gasteiger partial charge >= 0.3 is 0 Å². The average molecular weight is 416 g/mol. The first-order chi connectivity index (χ1) is 14.7. The highest BCUT2D eigenvalue weighted by Gasteiger charge is 2.10. The smallest absolute Gasteiger partial charge is 0.230 e. The molecule has 0 aliphatic carbocycles. The predicted molar refractivity (Wildman–Crippen MR) is 120 cm³/mol. The third-order valence-corrected chi connectivity index (χ3v) is 5.40. The van der Waals surface area contributed by atoms with Gasteiger partial charge in [-0.05, 0) is 37.3 Å². The first-order valence-electron chi connectivity index (χ1n) is 9.59. The molecule has 2 aromatic carbocycles. The van der Waals surface area contributed by atoms with Crippen molar-refractivity contribution in [2.45, 2.75) is 20.0 Å². The van der Waals surface area contributed by atoms with Crippen molar-refractivity contribution in [3.63, 3.8) is 0 Å². The van der Waals surface area contributed by atoms with Gasteiger partial charge in [0.2, 0.25) is 5.91 Å². The summed E-state index contributed by atoms with van der Waals surface area (Å²) in [6, 6.07) is 19.4. The summed E-state index contributed by atoms with van der Waals surface area (Å²) in [6.07, 6.45) is 3.74. The normalized spacial score (nSPS) is 10.6. The van der Waals surface area contributed by atoms with Crippen LogP contribution in [0.3, 0.4) is 0 Å². The fourth-order valence-electron chi connectivity index (χ4n) is 2.87. The second-order valence-corrected chi connectivity index (χ2v) is 7.77. The summed E-state index contributed by atoms with van der Waals surface area (Å²) in [5, 5.41) is 5.77. The van der Waals surface area contributed by atoms with Crippen LogP contribution in [0.2, 0.25) is 0 Å². The molecule has 150 valence electrons. The molecule has 0 aliphatic rings. The van der Waals surface area contributed by atoms with Crippen LogP contribution < -0.4 is 10.1 Å². The van der Waals surface area contributed by atoms with E-state index >= 15 is 0 Å². The van der Waals surface area contributed by atoms with Crippen molar-refractivity contribution >= 4 is 22.9 Å². The Morgan fingerprint density at radius 1 is 1.07 bits per heavy atom. The zero-order valence-corrected chi connectivity index (χ0v) is 17.4. The number of aromatic nitrogens is 2. The fourth-order valence-corrected chi connectivity index (χ4v) is 3.70. The number of ether oxygens (including phenoxy) is 1. The van der Waals surface area contributed by atoms with E-state index in [2.05, 4.69) is 46.5 Å². The Morgan fingerprint density at radius 2 is 1.87 bits per heavy atom. The lowest BCUT2D eigenvalue weighted by Gasteiger charge is -2.08. The molecule has 0 atom stereocenters. The van der Waals surface area contributed by atoms with E-state index in [-0.39, 0.29) is 12.3 Å². The number of pyridine rings is 1. The first-order valence-corrected chi connectivity index (χ1v) is 10.5. The zero-order valence-electron chi connectivity index (χ0n) is 16.5. The topological polar surface area (TPSA) is 64.1 Å². The fraction of sp³-hybridized carbons (Fsp3) is 0.125. The molecule has 2 aromatic heterocycles. The average Bonchev–Trinajstić information content (AvgIpc) is 3.23. The van der Waals surface area contributed by atoms with Gasteiger partial charge in [-0.1, -0.05) is 35.9 Å². The number of anilines is 1. The molecule has 0 saturated carbocycles. The summed E-state index contributed by atoms with van der Waals surface area (Å²) in [5.74, 6) is 0.638. The van der Waals surface area contributed by atoms with Crippen molar-refractivity contribution in [3.8, 4) is 16.3 Å². The van der Waals surface area contributed by atoms with Crippen LogP contribution in [0.15, 0.2) is 78.4 Å². The number of nitrogens with one attached hydrogen (secondary N) is 1. The minimum atomic E-state index is -0.0974. The van der Waals surface area contributed by atoms with E-state index < -0.39 is 0 Å². The molecule has 1 N–H and O–H groups in total. The Morgan fingerprint density at radius 3 is 2.60 bits per heavy atom. The molecule has 0 saturated heterocycles. The molecule has 6 heteroatoms.